The van der Waals surface area contributed by atoms with Crippen molar-refractivity contribution >= 4 is 0 Å². The number of ether oxygens (including phenoxy) is 2. The van der Waals surface area contributed by atoms with Gasteiger partial charge in [-0.05, 0) is 37.1 Å². The minimum Gasteiger partial charge on any atom is -0.491 e. The number of halogens is 1. The number of unbranched alkanes of at least 4 members (excludes halogenated alkanes) is 9. The first-order chi connectivity index (χ1) is 15.7. The van der Waals surface area contributed by atoms with E-state index in [2.05, 4.69) is 23.8 Å². The Kier molecular flexibility index (Phi) is 13.4. The lowest BCUT2D eigenvalue weighted by Crippen LogP contribution is -2.12. The Morgan fingerprint density at radius 3 is 1.97 bits per heavy atom. The Morgan fingerprint density at radius 2 is 1.31 bits per heavy atom. The normalized spacial score (nSPS) is 12.0. The lowest BCUT2D eigenvalue weighted by molar-refractivity contribution is 0.184. The van der Waals surface area contributed by atoms with Crippen LogP contribution in [0.15, 0.2) is 36.7 Å². The molecular formula is C27H41FN2O2. The van der Waals surface area contributed by atoms with Crippen molar-refractivity contribution in [3.63, 3.8) is 0 Å². The summed E-state index contributed by atoms with van der Waals surface area (Å²) in [5.41, 5.74) is 0.896. The summed E-state index contributed by atoms with van der Waals surface area (Å²) in [6.45, 7) is 5.22. The van der Waals surface area contributed by atoms with Crippen LogP contribution in [0.3, 0.4) is 0 Å². The molecule has 0 saturated carbocycles. The van der Waals surface area contributed by atoms with Crippen molar-refractivity contribution in [3.05, 3.63) is 36.7 Å². The summed E-state index contributed by atoms with van der Waals surface area (Å²) < 4.78 is 25.4. The van der Waals surface area contributed by atoms with E-state index in [1.165, 1.54) is 51.4 Å². The van der Waals surface area contributed by atoms with Crippen molar-refractivity contribution in [2.24, 2.45) is 0 Å². The summed E-state index contributed by atoms with van der Waals surface area (Å²) in [5.74, 6) is 2.01. The smallest absolute Gasteiger partial charge is 0.159 e. The number of aromatic nitrogens is 2. The van der Waals surface area contributed by atoms with Crippen LogP contribution in [0.25, 0.3) is 11.4 Å². The zero-order valence-corrected chi connectivity index (χ0v) is 20.0. The molecule has 0 aliphatic rings. The third kappa shape index (κ3) is 10.9. The molecule has 0 fully saturated rings. The molecule has 1 unspecified atom stereocenters. The molecule has 0 aliphatic heterocycles. The van der Waals surface area contributed by atoms with E-state index >= 15 is 0 Å². The van der Waals surface area contributed by atoms with Gasteiger partial charge in [-0.15, -0.1) is 0 Å². The summed E-state index contributed by atoms with van der Waals surface area (Å²) in [5, 5.41) is 0. The highest BCUT2D eigenvalue weighted by atomic mass is 19.1. The van der Waals surface area contributed by atoms with Gasteiger partial charge in [-0.2, -0.15) is 0 Å². The third-order valence-corrected chi connectivity index (χ3v) is 5.56. The molecule has 1 atom stereocenters. The Bertz CT molecular complexity index is 707. The van der Waals surface area contributed by atoms with E-state index in [9.17, 15) is 4.39 Å². The first-order valence-corrected chi connectivity index (χ1v) is 12.5. The van der Waals surface area contributed by atoms with Gasteiger partial charge < -0.3 is 9.47 Å². The average Bonchev–Trinajstić information content (AvgIpc) is 2.83. The van der Waals surface area contributed by atoms with Gasteiger partial charge in [0, 0.05) is 5.56 Å². The molecule has 4 nitrogen and oxygen atoms in total. The first kappa shape index (κ1) is 26.1. The Morgan fingerprint density at radius 1 is 0.719 bits per heavy atom. The van der Waals surface area contributed by atoms with Crippen molar-refractivity contribution in [3.8, 4) is 22.9 Å². The molecule has 5 heteroatoms. The van der Waals surface area contributed by atoms with Crippen LogP contribution in [0.2, 0.25) is 0 Å². The zero-order valence-electron chi connectivity index (χ0n) is 20.0. The molecule has 0 aliphatic carbocycles. The molecule has 1 heterocycles. The topological polar surface area (TPSA) is 44.2 Å². The second kappa shape index (κ2) is 16.5. The number of hydrogen-bond donors (Lipinski definition) is 0. The van der Waals surface area contributed by atoms with Crippen molar-refractivity contribution in [2.45, 2.75) is 97.1 Å². The van der Waals surface area contributed by atoms with Gasteiger partial charge in [0.05, 0.1) is 19.0 Å². The van der Waals surface area contributed by atoms with Crippen LogP contribution >= 0.6 is 0 Å². The van der Waals surface area contributed by atoms with E-state index < -0.39 is 6.17 Å². The molecule has 0 saturated heterocycles. The molecule has 0 amide bonds. The van der Waals surface area contributed by atoms with Gasteiger partial charge in [-0.25, -0.2) is 14.4 Å². The van der Waals surface area contributed by atoms with Crippen LogP contribution in [-0.2, 0) is 0 Å². The Hall–Kier alpha value is -2.17. The van der Waals surface area contributed by atoms with Gasteiger partial charge in [0.15, 0.2) is 11.6 Å². The maximum Gasteiger partial charge on any atom is 0.159 e. The van der Waals surface area contributed by atoms with E-state index in [0.717, 1.165) is 24.8 Å². The molecule has 2 aromatic rings. The minimum absolute atomic E-state index is 0.105. The third-order valence-electron chi connectivity index (χ3n) is 5.56. The fraction of sp³-hybridized carbons (Fsp3) is 0.630. The van der Waals surface area contributed by atoms with Crippen LogP contribution in [0.5, 0.6) is 11.5 Å². The molecular weight excluding hydrogens is 403 g/mol. The highest BCUT2D eigenvalue weighted by Gasteiger charge is 2.08. The van der Waals surface area contributed by atoms with Crippen LogP contribution in [0.1, 0.15) is 90.9 Å². The summed E-state index contributed by atoms with van der Waals surface area (Å²) in [4.78, 5) is 8.82. The Balaban J connectivity index is 1.67. The number of benzene rings is 1. The molecule has 2 rings (SSSR count). The maximum absolute atomic E-state index is 14.0. The largest absolute Gasteiger partial charge is 0.491 e. The molecule has 0 spiro atoms. The van der Waals surface area contributed by atoms with Crippen LogP contribution in [-0.4, -0.2) is 29.4 Å². The van der Waals surface area contributed by atoms with Gasteiger partial charge in [0.1, 0.15) is 18.5 Å². The van der Waals surface area contributed by atoms with E-state index in [4.69, 9.17) is 9.47 Å². The van der Waals surface area contributed by atoms with Crippen LogP contribution in [0, 0.1) is 0 Å². The van der Waals surface area contributed by atoms with E-state index in [1.807, 2.05) is 24.3 Å². The predicted molar refractivity (Wildman–Crippen MR) is 130 cm³/mol. The first-order valence-electron chi connectivity index (χ1n) is 12.5. The van der Waals surface area contributed by atoms with Gasteiger partial charge in [-0.3, -0.25) is 0 Å². The molecule has 178 valence electrons. The zero-order chi connectivity index (χ0) is 22.9. The van der Waals surface area contributed by atoms with E-state index in [-0.39, 0.29) is 6.61 Å². The fourth-order valence-electron chi connectivity index (χ4n) is 3.55. The highest BCUT2D eigenvalue weighted by molar-refractivity contribution is 5.56. The maximum atomic E-state index is 14.0. The number of hydrogen-bond acceptors (Lipinski definition) is 4. The van der Waals surface area contributed by atoms with Crippen molar-refractivity contribution in [1.82, 2.24) is 9.97 Å². The molecule has 0 radical (unpaired) electrons. The standard InChI is InChI=1S/C27H41FN2O2/c1-3-5-7-9-11-13-19-31-26-20-29-27(30-21-26)23-15-17-25(18-16-23)32-22-24(28)14-12-10-8-6-4-2/h15-18,20-21,24H,3-14,19,22H2,1-2H3. The lowest BCUT2D eigenvalue weighted by atomic mass is 10.1. The molecule has 0 bridgehead atoms. The monoisotopic (exact) mass is 444 g/mol. The Labute approximate surface area is 194 Å². The van der Waals surface area contributed by atoms with Crippen LogP contribution in [0.4, 0.5) is 4.39 Å². The van der Waals surface area contributed by atoms with Gasteiger partial charge in [-0.1, -0.05) is 78.1 Å². The molecule has 1 aromatic carbocycles. The summed E-state index contributed by atoms with van der Waals surface area (Å²) in [6, 6.07) is 7.49. The van der Waals surface area contributed by atoms with Crippen molar-refractivity contribution in [2.75, 3.05) is 13.2 Å². The fourth-order valence-corrected chi connectivity index (χ4v) is 3.55. The highest BCUT2D eigenvalue weighted by Crippen LogP contribution is 2.21. The summed E-state index contributed by atoms with van der Waals surface area (Å²) >= 11 is 0. The lowest BCUT2D eigenvalue weighted by Gasteiger charge is -2.11. The van der Waals surface area contributed by atoms with Gasteiger partial charge in [0.2, 0.25) is 0 Å². The quantitative estimate of drug-likeness (QED) is 0.219. The number of alkyl halides is 1. The summed E-state index contributed by atoms with van der Waals surface area (Å²) in [7, 11) is 0. The second-order valence-corrected chi connectivity index (χ2v) is 8.49. The van der Waals surface area contributed by atoms with E-state index in [0.29, 0.717) is 30.4 Å². The number of nitrogens with zero attached hydrogens (tertiary/aromatic N) is 2. The molecule has 0 N–H and O–H groups in total. The van der Waals surface area contributed by atoms with Gasteiger partial charge >= 0.3 is 0 Å². The SMILES string of the molecule is CCCCCCCCOc1cnc(-c2ccc(OCC(F)CCCCCCC)cc2)nc1. The van der Waals surface area contributed by atoms with Crippen LogP contribution < -0.4 is 9.47 Å². The van der Waals surface area contributed by atoms with E-state index in [1.54, 1.807) is 12.4 Å². The van der Waals surface area contributed by atoms with Gasteiger partial charge in [0.25, 0.3) is 0 Å². The second-order valence-electron chi connectivity index (χ2n) is 8.49. The van der Waals surface area contributed by atoms with Crippen molar-refractivity contribution in [1.29, 1.82) is 0 Å². The summed E-state index contributed by atoms with van der Waals surface area (Å²) in [6.07, 6.45) is 16.2. The molecule has 1 aromatic heterocycles. The average molecular weight is 445 g/mol. The predicted octanol–water partition coefficient (Wildman–Crippen LogP) is 7.96. The molecule has 32 heavy (non-hydrogen) atoms. The van der Waals surface area contributed by atoms with Crippen molar-refractivity contribution < 1.29 is 13.9 Å². The minimum atomic E-state index is -0.913. The number of rotatable bonds is 18.